The molecule has 6 atom stereocenters. The predicted molar refractivity (Wildman–Crippen MR) is 57.1 cm³/mol. The fourth-order valence-corrected chi connectivity index (χ4v) is 1.69. The van der Waals surface area contributed by atoms with Crippen LogP contribution in [0, 0.1) is 0 Å². The van der Waals surface area contributed by atoms with Crippen LogP contribution < -0.4 is 0 Å². The molecule has 5 N–H and O–H groups in total. The first-order valence-corrected chi connectivity index (χ1v) is 5.53. The van der Waals surface area contributed by atoms with Gasteiger partial charge in [0.1, 0.15) is 18.3 Å². The van der Waals surface area contributed by atoms with E-state index in [1.54, 1.807) is 0 Å². The second-order valence-electron chi connectivity index (χ2n) is 4.28. The van der Waals surface area contributed by atoms with Crippen LogP contribution >= 0.6 is 0 Å². The van der Waals surface area contributed by atoms with Crippen molar-refractivity contribution in [3.05, 3.63) is 0 Å². The average molecular weight is 280 g/mol. The standard InChI is InChI=1S/C10H16O9/c1-3(2-4(11)12)18-10-7(15)5(13)6(14)8(19-10)9(16)17/h3,5-8,10,13-15H,2H2,1H3,(H,11,12)(H,16,17)/t3?,5?,6-,7?,8?,10-/m1/s1. The summed E-state index contributed by atoms with van der Waals surface area (Å²) in [6.07, 6.45) is -9.80. The van der Waals surface area contributed by atoms with Crippen LogP contribution in [0.1, 0.15) is 13.3 Å². The van der Waals surface area contributed by atoms with Crippen LogP contribution in [0.25, 0.3) is 0 Å². The van der Waals surface area contributed by atoms with Crippen molar-refractivity contribution in [1.29, 1.82) is 0 Å². The van der Waals surface area contributed by atoms with Crippen LogP contribution in [0.4, 0.5) is 0 Å². The molecule has 1 fully saturated rings. The Morgan fingerprint density at radius 3 is 2.21 bits per heavy atom. The Kier molecular flexibility index (Phi) is 5.20. The summed E-state index contributed by atoms with van der Waals surface area (Å²) in [5.41, 5.74) is 0. The molecule has 0 saturated carbocycles. The molecule has 19 heavy (non-hydrogen) atoms. The van der Waals surface area contributed by atoms with E-state index in [0.29, 0.717) is 0 Å². The van der Waals surface area contributed by atoms with Crippen LogP contribution in [0.2, 0.25) is 0 Å². The normalized spacial score (nSPS) is 36.7. The van der Waals surface area contributed by atoms with E-state index in [0.717, 1.165) is 0 Å². The minimum Gasteiger partial charge on any atom is -0.481 e. The number of aliphatic hydroxyl groups is 3. The highest BCUT2D eigenvalue weighted by molar-refractivity contribution is 5.73. The highest BCUT2D eigenvalue weighted by Crippen LogP contribution is 2.23. The minimum atomic E-state index is -1.80. The van der Waals surface area contributed by atoms with Gasteiger partial charge < -0.3 is 35.0 Å². The fraction of sp³-hybridized carbons (Fsp3) is 0.800. The molecule has 1 aliphatic rings. The molecular formula is C10H16O9. The number of hydrogen-bond acceptors (Lipinski definition) is 7. The molecule has 0 bridgehead atoms. The van der Waals surface area contributed by atoms with Crippen molar-refractivity contribution in [2.75, 3.05) is 0 Å². The quantitative estimate of drug-likeness (QED) is 0.376. The van der Waals surface area contributed by atoms with E-state index in [1.807, 2.05) is 0 Å². The summed E-state index contributed by atoms with van der Waals surface area (Å²) in [4.78, 5) is 21.3. The highest BCUT2D eigenvalue weighted by Gasteiger charge is 2.47. The summed E-state index contributed by atoms with van der Waals surface area (Å²) in [5, 5.41) is 45.8. The number of carboxylic acid groups (broad SMARTS) is 2. The molecule has 0 aromatic heterocycles. The molecule has 1 aliphatic heterocycles. The van der Waals surface area contributed by atoms with Crippen LogP contribution in [0.15, 0.2) is 0 Å². The summed E-state index contributed by atoms with van der Waals surface area (Å²) >= 11 is 0. The van der Waals surface area contributed by atoms with Gasteiger partial charge in [0.25, 0.3) is 0 Å². The molecule has 0 aromatic carbocycles. The summed E-state index contributed by atoms with van der Waals surface area (Å²) < 4.78 is 9.85. The maximum Gasteiger partial charge on any atom is 0.335 e. The molecule has 0 aliphatic carbocycles. The van der Waals surface area contributed by atoms with E-state index >= 15 is 0 Å². The van der Waals surface area contributed by atoms with Gasteiger partial charge >= 0.3 is 11.9 Å². The van der Waals surface area contributed by atoms with Crippen molar-refractivity contribution in [1.82, 2.24) is 0 Å². The Labute approximate surface area is 108 Å². The van der Waals surface area contributed by atoms with Gasteiger partial charge in [-0.1, -0.05) is 0 Å². The van der Waals surface area contributed by atoms with Crippen LogP contribution in [0.5, 0.6) is 0 Å². The van der Waals surface area contributed by atoms with Gasteiger partial charge in [0.15, 0.2) is 12.4 Å². The number of aliphatic hydroxyl groups excluding tert-OH is 3. The van der Waals surface area contributed by atoms with E-state index in [2.05, 4.69) is 0 Å². The summed E-state index contributed by atoms with van der Waals surface area (Å²) in [6, 6.07) is 0. The van der Waals surface area contributed by atoms with Crippen molar-refractivity contribution in [2.45, 2.75) is 50.2 Å². The molecular weight excluding hydrogens is 264 g/mol. The van der Waals surface area contributed by atoms with E-state index in [4.69, 9.17) is 19.7 Å². The summed E-state index contributed by atoms with van der Waals surface area (Å²) in [7, 11) is 0. The van der Waals surface area contributed by atoms with Crippen LogP contribution in [-0.2, 0) is 19.1 Å². The first-order chi connectivity index (χ1) is 8.73. The van der Waals surface area contributed by atoms with E-state index in [-0.39, 0.29) is 6.42 Å². The van der Waals surface area contributed by atoms with E-state index < -0.39 is 48.7 Å². The van der Waals surface area contributed by atoms with Gasteiger partial charge in [-0.15, -0.1) is 0 Å². The first-order valence-electron chi connectivity index (χ1n) is 5.53. The number of hydrogen-bond donors (Lipinski definition) is 5. The third-order valence-electron chi connectivity index (χ3n) is 2.64. The molecule has 0 aromatic rings. The number of ether oxygens (including phenoxy) is 2. The van der Waals surface area contributed by atoms with Crippen molar-refractivity contribution in [2.24, 2.45) is 0 Å². The molecule has 0 radical (unpaired) electrons. The Hall–Kier alpha value is -1.26. The van der Waals surface area contributed by atoms with Gasteiger partial charge in [-0.2, -0.15) is 0 Å². The zero-order valence-corrected chi connectivity index (χ0v) is 10.0. The monoisotopic (exact) mass is 280 g/mol. The van der Waals surface area contributed by atoms with Crippen molar-refractivity contribution in [3.8, 4) is 0 Å². The topological polar surface area (TPSA) is 154 Å². The Balaban J connectivity index is 2.71. The maximum atomic E-state index is 10.8. The lowest BCUT2D eigenvalue weighted by molar-refractivity contribution is -0.303. The Morgan fingerprint density at radius 2 is 1.74 bits per heavy atom. The summed E-state index contributed by atoms with van der Waals surface area (Å²) in [6.45, 7) is 1.39. The van der Waals surface area contributed by atoms with E-state index in [9.17, 15) is 24.9 Å². The molecule has 0 spiro atoms. The predicted octanol–water partition coefficient (Wildman–Crippen LogP) is -2.24. The molecule has 1 saturated heterocycles. The molecule has 0 amide bonds. The van der Waals surface area contributed by atoms with Crippen molar-refractivity contribution < 1.29 is 44.6 Å². The van der Waals surface area contributed by atoms with Crippen molar-refractivity contribution in [3.63, 3.8) is 0 Å². The van der Waals surface area contributed by atoms with Crippen LogP contribution in [-0.4, -0.2) is 74.3 Å². The molecule has 4 unspecified atom stereocenters. The Morgan fingerprint density at radius 1 is 1.16 bits per heavy atom. The average Bonchev–Trinajstić information content (AvgIpc) is 2.28. The summed E-state index contributed by atoms with van der Waals surface area (Å²) in [5.74, 6) is -2.67. The van der Waals surface area contributed by atoms with Gasteiger partial charge in [-0.3, -0.25) is 4.79 Å². The van der Waals surface area contributed by atoms with Gasteiger partial charge in [0.2, 0.25) is 0 Å². The second kappa shape index (κ2) is 6.26. The van der Waals surface area contributed by atoms with Gasteiger partial charge in [-0.05, 0) is 6.92 Å². The molecule has 110 valence electrons. The second-order valence-corrected chi connectivity index (χ2v) is 4.28. The minimum absolute atomic E-state index is 0.386. The Bertz CT molecular complexity index is 344. The number of carboxylic acids is 2. The third kappa shape index (κ3) is 3.85. The lowest BCUT2D eigenvalue weighted by Gasteiger charge is -2.39. The number of carbonyl (C=O) groups is 2. The zero-order chi connectivity index (χ0) is 14.7. The zero-order valence-electron chi connectivity index (χ0n) is 10.0. The third-order valence-corrected chi connectivity index (χ3v) is 2.64. The van der Waals surface area contributed by atoms with Gasteiger partial charge in [0, 0.05) is 0 Å². The molecule has 1 rings (SSSR count). The SMILES string of the molecule is CC(CC(=O)O)O[C@@H]1OC(C(=O)O)[C@H](O)C(O)C1O. The van der Waals surface area contributed by atoms with E-state index in [1.165, 1.54) is 6.92 Å². The van der Waals surface area contributed by atoms with Gasteiger partial charge in [0.05, 0.1) is 12.5 Å². The lowest BCUT2D eigenvalue weighted by atomic mass is 9.99. The fourth-order valence-electron chi connectivity index (χ4n) is 1.69. The first kappa shape index (κ1) is 15.8. The number of rotatable bonds is 5. The number of aliphatic carboxylic acids is 2. The molecule has 9 heteroatoms. The smallest absolute Gasteiger partial charge is 0.335 e. The maximum absolute atomic E-state index is 10.8. The molecule has 1 heterocycles. The largest absolute Gasteiger partial charge is 0.481 e. The highest BCUT2D eigenvalue weighted by atomic mass is 16.7. The lowest BCUT2D eigenvalue weighted by Crippen LogP contribution is -2.60. The molecule has 9 nitrogen and oxygen atoms in total. The van der Waals surface area contributed by atoms with Crippen molar-refractivity contribution >= 4 is 11.9 Å². The van der Waals surface area contributed by atoms with Gasteiger partial charge in [-0.25, -0.2) is 4.79 Å². The van der Waals surface area contributed by atoms with Crippen LogP contribution in [0.3, 0.4) is 0 Å².